The maximum absolute atomic E-state index is 11.6. The minimum atomic E-state index is -0.116. The van der Waals surface area contributed by atoms with E-state index in [1.807, 2.05) is 25.5 Å². The summed E-state index contributed by atoms with van der Waals surface area (Å²) in [4.78, 5) is 18.7. The van der Waals surface area contributed by atoms with Gasteiger partial charge in [0.25, 0.3) is 5.56 Å². The highest BCUT2D eigenvalue weighted by Gasteiger charge is 2.05. The first-order valence-electron chi connectivity index (χ1n) is 7.32. The van der Waals surface area contributed by atoms with E-state index in [1.165, 1.54) is 11.8 Å². The number of nitrogens with zero attached hydrogens (tertiary/aromatic N) is 3. The van der Waals surface area contributed by atoms with Crippen LogP contribution in [0.5, 0.6) is 0 Å². The number of H-pyrrole nitrogens is 1. The fraction of sp³-hybridized carbons (Fsp3) is 0.533. The molecule has 0 radical (unpaired) electrons. The molecule has 2 aromatic rings. The van der Waals surface area contributed by atoms with E-state index in [1.54, 1.807) is 0 Å². The molecule has 0 saturated carbocycles. The zero-order valence-corrected chi connectivity index (χ0v) is 13.1. The van der Waals surface area contributed by atoms with Crippen LogP contribution in [-0.2, 0) is 6.54 Å². The van der Waals surface area contributed by atoms with Gasteiger partial charge in [-0.25, -0.2) is 4.98 Å². The summed E-state index contributed by atoms with van der Waals surface area (Å²) in [5.74, 6) is 1.55. The minimum Gasteiger partial charge on any atom is -0.370 e. The van der Waals surface area contributed by atoms with E-state index >= 15 is 0 Å². The van der Waals surface area contributed by atoms with Crippen molar-refractivity contribution < 1.29 is 0 Å². The smallest absolute Gasteiger partial charge is 0.252 e. The standard InChI is InChI=1S/C15H23N5O/c1-10(2)15-17-13(9-14(21)18-15)16-6-5-7-20-12(4)8-11(3)19-20/h8-10H,5-7H2,1-4H3,(H2,16,17,18,21). The van der Waals surface area contributed by atoms with E-state index in [0.717, 1.165) is 25.2 Å². The van der Waals surface area contributed by atoms with E-state index in [4.69, 9.17) is 0 Å². The van der Waals surface area contributed by atoms with Crippen molar-refractivity contribution in [3.63, 3.8) is 0 Å². The molecule has 0 atom stereocenters. The van der Waals surface area contributed by atoms with Gasteiger partial charge in [0.2, 0.25) is 0 Å². The maximum Gasteiger partial charge on any atom is 0.252 e. The maximum atomic E-state index is 11.6. The Morgan fingerprint density at radius 3 is 2.71 bits per heavy atom. The third-order valence-corrected chi connectivity index (χ3v) is 3.26. The van der Waals surface area contributed by atoms with Gasteiger partial charge in [-0.05, 0) is 26.3 Å². The second-order valence-electron chi connectivity index (χ2n) is 5.60. The number of anilines is 1. The number of aromatic nitrogens is 4. The summed E-state index contributed by atoms with van der Waals surface area (Å²) >= 11 is 0. The molecule has 2 N–H and O–H groups in total. The highest BCUT2D eigenvalue weighted by Crippen LogP contribution is 2.09. The van der Waals surface area contributed by atoms with Crippen molar-refractivity contribution in [1.82, 2.24) is 19.7 Å². The molecule has 0 amide bonds. The molecule has 2 aromatic heterocycles. The summed E-state index contributed by atoms with van der Waals surface area (Å²) in [6.07, 6.45) is 0.924. The van der Waals surface area contributed by atoms with Gasteiger partial charge in [-0.1, -0.05) is 13.8 Å². The predicted octanol–water partition coefficient (Wildman–Crippen LogP) is 2.21. The minimum absolute atomic E-state index is 0.116. The summed E-state index contributed by atoms with van der Waals surface area (Å²) in [7, 11) is 0. The third kappa shape index (κ3) is 4.18. The Kier molecular flexibility index (Phi) is 4.77. The van der Waals surface area contributed by atoms with Crippen LogP contribution in [0.1, 0.15) is 43.4 Å². The van der Waals surface area contributed by atoms with E-state index in [-0.39, 0.29) is 11.5 Å². The first-order valence-corrected chi connectivity index (χ1v) is 7.32. The molecule has 114 valence electrons. The first kappa shape index (κ1) is 15.3. The zero-order valence-electron chi connectivity index (χ0n) is 13.1. The zero-order chi connectivity index (χ0) is 15.4. The van der Waals surface area contributed by atoms with Crippen LogP contribution in [0, 0.1) is 13.8 Å². The molecule has 21 heavy (non-hydrogen) atoms. The topological polar surface area (TPSA) is 75.6 Å². The Morgan fingerprint density at radius 2 is 2.10 bits per heavy atom. The molecule has 0 saturated heterocycles. The number of hydrogen-bond donors (Lipinski definition) is 2. The Bertz CT molecular complexity index is 656. The van der Waals surface area contributed by atoms with Crippen molar-refractivity contribution in [3.8, 4) is 0 Å². The van der Waals surface area contributed by atoms with Crippen molar-refractivity contribution >= 4 is 5.82 Å². The van der Waals surface area contributed by atoms with Gasteiger partial charge >= 0.3 is 0 Å². The second kappa shape index (κ2) is 6.56. The van der Waals surface area contributed by atoms with Crippen LogP contribution in [0.2, 0.25) is 0 Å². The Hall–Kier alpha value is -2.11. The fourth-order valence-corrected chi connectivity index (χ4v) is 2.19. The molecule has 0 spiro atoms. The lowest BCUT2D eigenvalue weighted by Gasteiger charge is -2.09. The van der Waals surface area contributed by atoms with Crippen molar-refractivity contribution in [3.05, 3.63) is 39.7 Å². The van der Waals surface area contributed by atoms with Gasteiger partial charge < -0.3 is 10.3 Å². The number of rotatable bonds is 6. The van der Waals surface area contributed by atoms with Crippen LogP contribution in [0.4, 0.5) is 5.82 Å². The molecule has 2 heterocycles. The molecule has 0 bridgehead atoms. The molecule has 0 aliphatic rings. The lowest BCUT2D eigenvalue weighted by atomic mass is 10.2. The molecule has 6 nitrogen and oxygen atoms in total. The Balaban J connectivity index is 1.89. The molecule has 0 fully saturated rings. The van der Waals surface area contributed by atoms with Crippen molar-refractivity contribution in [2.45, 2.75) is 46.6 Å². The van der Waals surface area contributed by atoms with Crippen LogP contribution in [-0.4, -0.2) is 26.3 Å². The molecule has 0 unspecified atom stereocenters. The first-order chi connectivity index (χ1) is 9.95. The molecular weight excluding hydrogens is 266 g/mol. The number of aromatic amines is 1. The van der Waals surface area contributed by atoms with Crippen LogP contribution in [0.25, 0.3) is 0 Å². The van der Waals surface area contributed by atoms with Crippen molar-refractivity contribution in [1.29, 1.82) is 0 Å². The summed E-state index contributed by atoms with van der Waals surface area (Å²) < 4.78 is 2.00. The van der Waals surface area contributed by atoms with Gasteiger partial charge in [-0.3, -0.25) is 9.48 Å². The monoisotopic (exact) mass is 289 g/mol. The van der Waals surface area contributed by atoms with Gasteiger partial charge in [0.05, 0.1) is 5.69 Å². The molecule has 6 heteroatoms. The molecule has 2 rings (SSSR count). The van der Waals surface area contributed by atoms with Crippen molar-refractivity contribution in [2.75, 3.05) is 11.9 Å². The quantitative estimate of drug-likeness (QED) is 0.799. The summed E-state index contributed by atoms with van der Waals surface area (Å²) in [5.41, 5.74) is 2.09. The molecule has 0 aromatic carbocycles. The largest absolute Gasteiger partial charge is 0.370 e. The van der Waals surface area contributed by atoms with Gasteiger partial charge in [0, 0.05) is 30.8 Å². The molecule has 0 aliphatic heterocycles. The van der Waals surface area contributed by atoms with Gasteiger partial charge in [-0.15, -0.1) is 0 Å². The SMILES string of the molecule is Cc1cc(C)n(CCCNc2cc(=O)[nH]c(C(C)C)n2)n1. The number of hydrogen-bond acceptors (Lipinski definition) is 4. The summed E-state index contributed by atoms with van der Waals surface area (Å²) in [6.45, 7) is 9.67. The Labute approximate surface area is 124 Å². The van der Waals surface area contributed by atoms with Crippen LogP contribution < -0.4 is 10.9 Å². The highest BCUT2D eigenvalue weighted by atomic mass is 16.1. The third-order valence-electron chi connectivity index (χ3n) is 3.26. The van der Waals surface area contributed by atoms with E-state index < -0.39 is 0 Å². The van der Waals surface area contributed by atoms with E-state index in [0.29, 0.717) is 11.6 Å². The molecular formula is C15H23N5O. The molecule has 0 aliphatic carbocycles. The fourth-order valence-electron chi connectivity index (χ4n) is 2.19. The Morgan fingerprint density at radius 1 is 1.33 bits per heavy atom. The van der Waals surface area contributed by atoms with E-state index in [2.05, 4.69) is 33.4 Å². The lowest BCUT2D eigenvalue weighted by molar-refractivity contribution is 0.573. The summed E-state index contributed by atoms with van der Waals surface area (Å²) in [5, 5.41) is 7.63. The van der Waals surface area contributed by atoms with E-state index in [9.17, 15) is 4.79 Å². The van der Waals surface area contributed by atoms with Crippen LogP contribution in [0.3, 0.4) is 0 Å². The lowest BCUT2D eigenvalue weighted by Crippen LogP contribution is -2.16. The average molecular weight is 289 g/mol. The number of aryl methyl sites for hydroxylation is 3. The average Bonchev–Trinajstić information content (AvgIpc) is 2.72. The van der Waals surface area contributed by atoms with Gasteiger partial charge in [0.1, 0.15) is 11.6 Å². The van der Waals surface area contributed by atoms with Crippen LogP contribution >= 0.6 is 0 Å². The van der Waals surface area contributed by atoms with Crippen LogP contribution in [0.15, 0.2) is 16.9 Å². The summed E-state index contributed by atoms with van der Waals surface area (Å²) in [6, 6.07) is 3.57. The van der Waals surface area contributed by atoms with Gasteiger partial charge in [-0.2, -0.15) is 5.10 Å². The van der Waals surface area contributed by atoms with Crippen molar-refractivity contribution in [2.24, 2.45) is 0 Å². The highest BCUT2D eigenvalue weighted by molar-refractivity contribution is 5.33. The number of nitrogens with one attached hydrogen (secondary N) is 2. The predicted molar refractivity (Wildman–Crippen MR) is 83.8 cm³/mol. The van der Waals surface area contributed by atoms with Gasteiger partial charge in [0.15, 0.2) is 0 Å². The normalized spacial score (nSPS) is 11.1. The second-order valence-corrected chi connectivity index (χ2v) is 5.60.